The molecule has 0 saturated heterocycles. The SMILES string of the molecule is CCc1ccccc1C(CO)NCC(F)(F)F. The van der Waals surface area contributed by atoms with Gasteiger partial charge in [-0.2, -0.15) is 13.2 Å². The second-order valence-corrected chi connectivity index (χ2v) is 3.78. The number of aliphatic hydroxyl groups excluding tert-OH is 1. The number of hydrogen-bond acceptors (Lipinski definition) is 2. The molecule has 1 rings (SSSR count). The van der Waals surface area contributed by atoms with Crippen LogP contribution in [-0.2, 0) is 6.42 Å². The van der Waals surface area contributed by atoms with Crippen molar-refractivity contribution in [2.75, 3.05) is 13.2 Å². The lowest BCUT2D eigenvalue weighted by Gasteiger charge is -2.20. The molecule has 0 saturated carbocycles. The molecule has 1 aromatic carbocycles. The summed E-state index contributed by atoms with van der Waals surface area (Å²) in [4.78, 5) is 0. The molecule has 0 amide bonds. The molecule has 1 aromatic rings. The smallest absolute Gasteiger partial charge is 0.394 e. The number of nitrogens with one attached hydrogen (secondary N) is 1. The standard InChI is InChI=1S/C12H16F3NO/c1-2-9-5-3-4-6-10(9)11(7-17)16-8-12(13,14)15/h3-6,11,16-17H,2,7-8H2,1H3. The lowest BCUT2D eigenvalue weighted by Crippen LogP contribution is -2.34. The maximum atomic E-state index is 12.1. The van der Waals surface area contributed by atoms with E-state index in [-0.39, 0.29) is 6.61 Å². The third-order valence-electron chi connectivity index (χ3n) is 2.54. The summed E-state index contributed by atoms with van der Waals surface area (Å²) in [7, 11) is 0. The van der Waals surface area contributed by atoms with Crippen LogP contribution in [-0.4, -0.2) is 24.4 Å². The Morgan fingerprint density at radius 3 is 2.47 bits per heavy atom. The second kappa shape index (κ2) is 6.02. The van der Waals surface area contributed by atoms with Gasteiger partial charge in [-0.15, -0.1) is 0 Å². The van der Waals surface area contributed by atoms with Crippen molar-refractivity contribution in [3.8, 4) is 0 Å². The first-order valence-electron chi connectivity index (χ1n) is 5.46. The summed E-state index contributed by atoms with van der Waals surface area (Å²) < 4.78 is 36.3. The summed E-state index contributed by atoms with van der Waals surface area (Å²) in [6.07, 6.45) is -3.55. The molecule has 0 aliphatic heterocycles. The molecule has 0 aromatic heterocycles. The Bertz CT molecular complexity index is 352. The first-order valence-corrected chi connectivity index (χ1v) is 5.46. The minimum Gasteiger partial charge on any atom is -0.394 e. The van der Waals surface area contributed by atoms with Gasteiger partial charge in [-0.05, 0) is 17.5 Å². The molecule has 0 fully saturated rings. The summed E-state index contributed by atoms with van der Waals surface area (Å²) in [6, 6.07) is 6.51. The Morgan fingerprint density at radius 2 is 1.94 bits per heavy atom. The van der Waals surface area contributed by atoms with Crippen LogP contribution in [0.25, 0.3) is 0 Å². The van der Waals surface area contributed by atoms with Gasteiger partial charge < -0.3 is 5.11 Å². The van der Waals surface area contributed by atoms with E-state index >= 15 is 0 Å². The molecule has 2 nitrogen and oxygen atoms in total. The fourth-order valence-corrected chi connectivity index (χ4v) is 1.71. The van der Waals surface area contributed by atoms with Crippen LogP contribution >= 0.6 is 0 Å². The molecule has 0 aliphatic carbocycles. The van der Waals surface area contributed by atoms with Crippen LogP contribution in [0, 0.1) is 0 Å². The highest BCUT2D eigenvalue weighted by atomic mass is 19.4. The van der Waals surface area contributed by atoms with Gasteiger partial charge in [0, 0.05) is 0 Å². The number of hydrogen-bond donors (Lipinski definition) is 2. The first kappa shape index (κ1) is 14.0. The van der Waals surface area contributed by atoms with E-state index in [1.807, 2.05) is 19.1 Å². The molecule has 2 N–H and O–H groups in total. The molecule has 0 radical (unpaired) electrons. The maximum absolute atomic E-state index is 12.1. The molecule has 0 spiro atoms. The van der Waals surface area contributed by atoms with E-state index in [9.17, 15) is 13.2 Å². The zero-order valence-electron chi connectivity index (χ0n) is 9.59. The topological polar surface area (TPSA) is 32.3 Å². The molecule has 0 bridgehead atoms. The molecular formula is C12H16F3NO. The number of benzene rings is 1. The first-order chi connectivity index (χ1) is 7.98. The Balaban J connectivity index is 2.79. The van der Waals surface area contributed by atoms with Crippen molar-refractivity contribution >= 4 is 0 Å². The predicted molar refractivity (Wildman–Crippen MR) is 59.7 cm³/mol. The molecule has 0 aliphatic rings. The molecule has 96 valence electrons. The van der Waals surface area contributed by atoms with E-state index < -0.39 is 18.8 Å². The van der Waals surface area contributed by atoms with Gasteiger partial charge in [-0.3, -0.25) is 5.32 Å². The maximum Gasteiger partial charge on any atom is 0.401 e. The Hall–Kier alpha value is -1.07. The zero-order valence-corrected chi connectivity index (χ0v) is 9.59. The molecule has 0 heterocycles. The molecule has 1 unspecified atom stereocenters. The average Bonchev–Trinajstić information content (AvgIpc) is 2.29. The van der Waals surface area contributed by atoms with Crippen LogP contribution in [0.3, 0.4) is 0 Å². The summed E-state index contributed by atoms with van der Waals surface area (Å²) in [5, 5.41) is 11.5. The predicted octanol–water partition coefficient (Wildman–Crippen LogP) is 2.43. The van der Waals surface area contributed by atoms with E-state index in [4.69, 9.17) is 5.11 Å². The number of aryl methyl sites for hydroxylation is 1. The molecule has 17 heavy (non-hydrogen) atoms. The summed E-state index contributed by atoms with van der Waals surface area (Å²) in [5.41, 5.74) is 1.67. The summed E-state index contributed by atoms with van der Waals surface area (Å²) in [6.45, 7) is 0.473. The Morgan fingerprint density at radius 1 is 1.29 bits per heavy atom. The molecule has 1 atom stereocenters. The van der Waals surface area contributed by atoms with Crippen LogP contribution in [0.4, 0.5) is 13.2 Å². The number of halogens is 3. The highest BCUT2D eigenvalue weighted by Gasteiger charge is 2.28. The van der Waals surface area contributed by atoms with Crippen LogP contribution in [0.1, 0.15) is 24.1 Å². The quantitative estimate of drug-likeness (QED) is 0.837. The molecular weight excluding hydrogens is 231 g/mol. The van der Waals surface area contributed by atoms with Gasteiger partial charge in [-0.25, -0.2) is 0 Å². The van der Waals surface area contributed by atoms with Crippen molar-refractivity contribution in [2.45, 2.75) is 25.6 Å². The second-order valence-electron chi connectivity index (χ2n) is 3.78. The van der Waals surface area contributed by atoms with Gasteiger partial charge in [0.25, 0.3) is 0 Å². The van der Waals surface area contributed by atoms with Crippen molar-refractivity contribution in [1.29, 1.82) is 0 Å². The number of rotatable bonds is 5. The fourth-order valence-electron chi connectivity index (χ4n) is 1.71. The average molecular weight is 247 g/mol. The van der Waals surface area contributed by atoms with E-state index in [0.29, 0.717) is 0 Å². The van der Waals surface area contributed by atoms with E-state index in [2.05, 4.69) is 5.32 Å². The van der Waals surface area contributed by atoms with Gasteiger partial charge in [0.05, 0.1) is 19.2 Å². The van der Waals surface area contributed by atoms with Gasteiger partial charge in [0.1, 0.15) is 0 Å². The van der Waals surface area contributed by atoms with E-state index in [0.717, 1.165) is 17.5 Å². The van der Waals surface area contributed by atoms with Gasteiger partial charge >= 0.3 is 6.18 Å². The Labute approximate surface area is 98.5 Å². The van der Waals surface area contributed by atoms with Crippen LogP contribution in [0.5, 0.6) is 0 Å². The van der Waals surface area contributed by atoms with Crippen LogP contribution in [0.2, 0.25) is 0 Å². The zero-order chi connectivity index (χ0) is 12.9. The number of aliphatic hydroxyl groups is 1. The minimum atomic E-state index is -4.27. The van der Waals surface area contributed by atoms with Gasteiger partial charge in [0.2, 0.25) is 0 Å². The normalized spacial score (nSPS) is 13.7. The third-order valence-corrected chi connectivity index (χ3v) is 2.54. The third kappa shape index (κ3) is 4.36. The monoisotopic (exact) mass is 247 g/mol. The lowest BCUT2D eigenvalue weighted by atomic mass is 9.99. The largest absolute Gasteiger partial charge is 0.401 e. The van der Waals surface area contributed by atoms with E-state index in [1.165, 1.54) is 0 Å². The Kier molecular flexibility index (Phi) is 4.96. The lowest BCUT2D eigenvalue weighted by molar-refractivity contribution is -0.126. The van der Waals surface area contributed by atoms with Crippen molar-refractivity contribution in [1.82, 2.24) is 5.32 Å². The highest BCUT2D eigenvalue weighted by Crippen LogP contribution is 2.20. The number of alkyl halides is 3. The van der Waals surface area contributed by atoms with Gasteiger partial charge in [0.15, 0.2) is 0 Å². The molecule has 5 heteroatoms. The van der Waals surface area contributed by atoms with E-state index in [1.54, 1.807) is 12.1 Å². The van der Waals surface area contributed by atoms with Crippen molar-refractivity contribution in [3.05, 3.63) is 35.4 Å². The van der Waals surface area contributed by atoms with Crippen LogP contribution in [0.15, 0.2) is 24.3 Å². The highest BCUT2D eigenvalue weighted by molar-refractivity contribution is 5.30. The fraction of sp³-hybridized carbons (Fsp3) is 0.500. The summed E-state index contributed by atoms with van der Waals surface area (Å²) in [5.74, 6) is 0. The summed E-state index contributed by atoms with van der Waals surface area (Å²) >= 11 is 0. The minimum absolute atomic E-state index is 0.354. The van der Waals surface area contributed by atoms with Crippen molar-refractivity contribution in [3.63, 3.8) is 0 Å². The van der Waals surface area contributed by atoms with Crippen molar-refractivity contribution < 1.29 is 18.3 Å². The van der Waals surface area contributed by atoms with Crippen LogP contribution < -0.4 is 5.32 Å². The van der Waals surface area contributed by atoms with Gasteiger partial charge in [-0.1, -0.05) is 31.2 Å². The van der Waals surface area contributed by atoms with Crippen molar-refractivity contribution in [2.24, 2.45) is 0 Å².